The van der Waals surface area contributed by atoms with E-state index >= 15 is 0 Å². The molecule has 0 bridgehead atoms. The van der Waals surface area contributed by atoms with Crippen molar-refractivity contribution in [1.29, 1.82) is 0 Å². The minimum absolute atomic E-state index is 0. The van der Waals surface area contributed by atoms with Crippen molar-refractivity contribution in [3.8, 4) is 0 Å². The Labute approximate surface area is 63.9 Å². The Morgan fingerprint density at radius 3 is 2.11 bits per heavy atom. The van der Waals surface area contributed by atoms with Gasteiger partial charge in [0.25, 0.3) is 9.12 Å². The van der Waals surface area contributed by atoms with Crippen LogP contribution in [0.25, 0.3) is 0 Å². The largest absolute Gasteiger partial charge is 1.00 e. The molecule has 0 aliphatic carbocycles. The van der Waals surface area contributed by atoms with Gasteiger partial charge >= 0.3 is 24.8 Å². The van der Waals surface area contributed by atoms with Gasteiger partial charge in [-0.25, -0.2) is 4.79 Å². The molecule has 0 aromatic carbocycles. The van der Waals surface area contributed by atoms with Gasteiger partial charge in [-0.05, 0) is 0 Å². The Morgan fingerprint density at radius 2 is 2.00 bits per heavy atom. The predicted molar refractivity (Wildman–Crippen MR) is 20.5 cm³/mol. The standard InChI is InChI=1S/C2H2FO4P.Li/c3-8-7-2(6)1(4)5;/h8H,(H,4,5);/q;+1/p-1. The van der Waals surface area contributed by atoms with Gasteiger partial charge in [0.15, 0.2) is 5.97 Å². The zero-order valence-electron chi connectivity index (χ0n) is 4.51. The summed E-state index contributed by atoms with van der Waals surface area (Å²) in [5.41, 5.74) is 0. The molecule has 0 aromatic heterocycles. The third kappa shape index (κ3) is 5.77. The smallest absolute Gasteiger partial charge is 0.539 e. The van der Waals surface area contributed by atoms with E-state index in [0.29, 0.717) is 0 Å². The predicted octanol–water partition coefficient (Wildman–Crippen LogP) is -4.24. The van der Waals surface area contributed by atoms with Crippen LogP contribution in [0.5, 0.6) is 0 Å². The first kappa shape index (κ1) is 11.7. The number of aliphatic carboxylic acids is 1. The molecule has 0 rings (SSSR count). The molecule has 0 spiro atoms. The third-order valence-corrected chi connectivity index (χ3v) is 0.560. The van der Waals surface area contributed by atoms with Gasteiger partial charge in [0.05, 0.1) is 0 Å². The van der Waals surface area contributed by atoms with Gasteiger partial charge in [-0.15, -0.1) is 0 Å². The molecule has 0 saturated carbocycles. The van der Waals surface area contributed by atoms with Crippen molar-refractivity contribution in [2.45, 2.75) is 0 Å². The zero-order chi connectivity index (χ0) is 6.57. The summed E-state index contributed by atoms with van der Waals surface area (Å²) in [5.74, 6) is -3.71. The normalized spacial score (nSPS) is 8.56. The maximum absolute atomic E-state index is 10.9. The van der Waals surface area contributed by atoms with Gasteiger partial charge in [0.2, 0.25) is 0 Å². The molecule has 7 heteroatoms. The van der Waals surface area contributed by atoms with Crippen molar-refractivity contribution in [2.24, 2.45) is 0 Å². The van der Waals surface area contributed by atoms with Crippen LogP contribution in [0.2, 0.25) is 0 Å². The van der Waals surface area contributed by atoms with Crippen molar-refractivity contribution < 1.29 is 42.3 Å². The van der Waals surface area contributed by atoms with Crippen LogP contribution in [0.3, 0.4) is 0 Å². The molecule has 9 heavy (non-hydrogen) atoms. The first-order chi connectivity index (χ1) is 3.68. The van der Waals surface area contributed by atoms with Crippen molar-refractivity contribution in [2.75, 3.05) is 0 Å². The topological polar surface area (TPSA) is 66.4 Å². The van der Waals surface area contributed by atoms with Gasteiger partial charge in [-0.2, -0.15) is 4.20 Å². The van der Waals surface area contributed by atoms with Crippen LogP contribution in [-0.4, -0.2) is 11.9 Å². The van der Waals surface area contributed by atoms with Crippen LogP contribution in [0.15, 0.2) is 0 Å². The fraction of sp³-hybridized carbons (Fsp3) is 0. The summed E-state index contributed by atoms with van der Waals surface area (Å²) in [5, 5.41) is 9.34. The molecule has 0 aliphatic heterocycles. The van der Waals surface area contributed by atoms with Crippen molar-refractivity contribution >= 4 is 21.1 Å². The van der Waals surface area contributed by atoms with Gasteiger partial charge in [0.1, 0.15) is 0 Å². The SMILES string of the molecule is O=C([O-])C(=O)OPF.[Li+]. The van der Waals surface area contributed by atoms with E-state index in [9.17, 15) is 18.9 Å². The molecule has 46 valence electrons. The molecule has 0 aromatic rings. The number of hydrogen-bond donors (Lipinski definition) is 0. The van der Waals surface area contributed by atoms with Gasteiger partial charge < -0.3 is 14.4 Å². The Bertz CT molecular complexity index is 117. The second kappa shape index (κ2) is 6.02. The number of carboxylic acid groups (broad SMARTS) is 1. The van der Waals surface area contributed by atoms with Crippen molar-refractivity contribution in [3.05, 3.63) is 0 Å². The van der Waals surface area contributed by atoms with E-state index in [1.165, 1.54) is 0 Å². The minimum atomic E-state index is -2.03. The number of hydrogen-bond acceptors (Lipinski definition) is 4. The summed E-state index contributed by atoms with van der Waals surface area (Å²) in [6.45, 7) is 0. The third-order valence-electron chi connectivity index (χ3n) is 0.298. The van der Waals surface area contributed by atoms with E-state index in [1.54, 1.807) is 0 Å². The monoisotopic (exact) mass is 146 g/mol. The van der Waals surface area contributed by atoms with E-state index in [1.807, 2.05) is 0 Å². The summed E-state index contributed by atoms with van der Waals surface area (Å²) in [6.07, 6.45) is 0. The average molecular weight is 146 g/mol. The molecular weight excluding hydrogens is 145 g/mol. The van der Waals surface area contributed by atoms with E-state index in [0.717, 1.165) is 0 Å². The quantitative estimate of drug-likeness (QED) is 0.213. The Morgan fingerprint density at radius 1 is 1.56 bits per heavy atom. The van der Waals surface area contributed by atoms with Gasteiger partial charge in [-0.1, -0.05) is 0 Å². The van der Waals surface area contributed by atoms with Gasteiger partial charge in [-0.3, -0.25) is 0 Å². The summed E-state index contributed by atoms with van der Waals surface area (Å²) >= 11 is 0. The fourth-order valence-corrected chi connectivity index (χ4v) is 0.230. The summed E-state index contributed by atoms with van der Waals surface area (Å²) in [6, 6.07) is 0. The maximum atomic E-state index is 10.9. The first-order valence-corrected chi connectivity index (χ1v) is 2.25. The molecule has 0 saturated heterocycles. The van der Waals surface area contributed by atoms with Crippen LogP contribution in [0.4, 0.5) is 4.20 Å². The van der Waals surface area contributed by atoms with E-state index in [2.05, 4.69) is 4.52 Å². The maximum Gasteiger partial charge on any atom is 1.00 e. The first-order valence-electron chi connectivity index (χ1n) is 1.46. The molecule has 4 nitrogen and oxygen atoms in total. The van der Waals surface area contributed by atoms with Crippen LogP contribution in [0.1, 0.15) is 0 Å². The van der Waals surface area contributed by atoms with Crippen molar-refractivity contribution in [1.82, 2.24) is 0 Å². The molecule has 1 unspecified atom stereocenters. The molecule has 0 N–H and O–H groups in total. The zero-order valence-corrected chi connectivity index (χ0v) is 5.51. The molecule has 0 amide bonds. The molecule has 0 radical (unpaired) electrons. The van der Waals surface area contributed by atoms with Gasteiger partial charge in [0, 0.05) is 0 Å². The van der Waals surface area contributed by atoms with Crippen molar-refractivity contribution in [3.63, 3.8) is 0 Å². The molecule has 1 atom stereocenters. The number of carboxylic acids is 1. The van der Waals surface area contributed by atoms with Crippen LogP contribution in [-0.2, 0) is 14.1 Å². The molecule has 0 heterocycles. The summed E-state index contributed by atoms with van der Waals surface area (Å²) < 4.78 is 14.3. The van der Waals surface area contributed by atoms with Crippen LogP contribution >= 0.6 is 9.12 Å². The van der Waals surface area contributed by atoms with E-state index in [-0.39, 0.29) is 18.9 Å². The number of carbonyl (C=O) groups is 2. The van der Waals surface area contributed by atoms with E-state index in [4.69, 9.17) is 0 Å². The summed E-state index contributed by atoms with van der Waals surface area (Å²) in [4.78, 5) is 19.0. The molecular formula is C2HFLiO4P. The Hall–Kier alpha value is -0.103. The van der Waals surface area contributed by atoms with E-state index < -0.39 is 21.1 Å². The average Bonchev–Trinajstić information content (AvgIpc) is 1.67. The number of rotatable bonds is 1. The Kier molecular flexibility index (Phi) is 7.81. The summed E-state index contributed by atoms with van der Waals surface area (Å²) in [7, 11) is -1.64. The Balaban J connectivity index is 0. The number of carbonyl (C=O) groups excluding carboxylic acids is 2. The van der Waals surface area contributed by atoms with Crippen LogP contribution < -0.4 is 24.0 Å². The molecule has 0 aliphatic rings. The second-order valence-electron chi connectivity index (χ2n) is 0.754. The number of halogens is 1. The molecule has 0 fully saturated rings. The fourth-order valence-electron chi connectivity index (χ4n) is 0.0767. The van der Waals surface area contributed by atoms with Crippen LogP contribution in [0, 0.1) is 0 Å². The minimum Gasteiger partial charge on any atom is -0.539 e. The second-order valence-corrected chi connectivity index (χ2v) is 1.11.